The molecule has 80 valence electrons. The van der Waals surface area contributed by atoms with Crippen LogP contribution in [-0.4, -0.2) is 12.6 Å². The average molecular weight is 205 g/mol. The highest BCUT2D eigenvalue weighted by molar-refractivity contribution is 5.75. The molecule has 1 aromatic carbocycles. The number of hydrogen-bond acceptors (Lipinski definition) is 3. The maximum Gasteiger partial charge on any atom is 0.311 e. The molecule has 3 nitrogen and oxygen atoms in total. The Hall–Kier alpha value is -1.35. The highest BCUT2D eigenvalue weighted by Gasteiger charge is 2.35. The third-order valence-corrected chi connectivity index (χ3v) is 2.88. The first kappa shape index (κ1) is 10.2. The molecule has 15 heavy (non-hydrogen) atoms. The van der Waals surface area contributed by atoms with Crippen LogP contribution in [0.4, 0.5) is 0 Å². The number of fused-ring (bicyclic) bond motifs is 1. The molecule has 3 heteroatoms. The van der Waals surface area contributed by atoms with Gasteiger partial charge in [0.05, 0.1) is 12.5 Å². The summed E-state index contributed by atoms with van der Waals surface area (Å²) in [4.78, 5) is 11.6. The Kier molecular flexibility index (Phi) is 2.73. The number of ether oxygens (including phenoxy) is 1. The average Bonchev–Trinajstić information content (AvgIpc) is 2.57. The van der Waals surface area contributed by atoms with Crippen LogP contribution in [-0.2, 0) is 16.0 Å². The smallest absolute Gasteiger partial charge is 0.311 e. The van der Waals surface area contributed by atoms with Crippen LogP contribution in [0, 0.1) is 5.92 Å². The van der Waals surface area contributed by atoms with Crippen molar-refractivity contribution >= 4 is 5.97 Å². The molecule has 0 bridgehead atoms. The first-order valence-corrected chi connectivity index (χ1v) is 5.24. The van der Waals surface area contributed by atoms with E-state index in [0.29, 0.717) is 13.0 Å². The normalized spacial score (nSPS) is 23.6. The second-order valence-electron chi connectivity index (χ2n) is 3.79. The molecular formula is C12H15NO2. The molecule has 0 spiro atoms. The minimum Gasteiger partial charge on any atom is -0.466 e. The van der Waals surface area contributed by atoms with Gasteiger partial charge in [-0.15, -0.1) is 0 Å². The lowest BCUT2D eigenvalue weighted by Gasteiger charge is -2.13. The van der Waals surface area contributed by atoms with E-state index in [1.54, 1.807) is 0 Å². The van der Waals surface area contributed by atoms with Gasteiger partial charge >= 0.3 is 5.97 Å². The van der Waals surface area contributed by atoms with E-state index in [0.717, 1.165) is 5.56 Å². The van der Waals surface area contributed by atoms with Gasteiger partial charge in [-0.1, -0.05) is 24.3 Å². The molecule has 2 rings (SSSR count). The third kappa shape index (κ3) is 1.75. The number of carbonyl (C=O) groups excluding carboxylic acids is 1. The Labute approximate surface area is 89.2 Å². The molecule has 0 radical (unpaired) electrons. The predicted molar refractivity (Wildman–Crippen MR) is 57.2 cm³/mol. The number of benzene rings is 1. The molecule has 0 aliphatic heterocycles. The van der Waals surface area contributed by atoms with Crippen molar-refractivity contribution in [3.63, 3.8) is 0 Å². The second kappa shape index (κ2) is 4.03. The maximum atomic E-state index is 11.6. The van der Waals surface area contributed by atoms with Crippen LogP contribution in [0.1, 0.15) is 24.1 Å². The SMILES string of the molecule is CCOC(=O)C1Cc2ccccc2C1N. The van der Waals surface area contributed by atoms with Gasteiger partial charge in [0.2, 0.25) is 0 Å². The molecule has 2 unspecified atom stereocenters. The number of carbonyl (C=O) groups is 1. The topological polar surface area (TPSA) is 52.3 Å². The standard InChI is InChI=1S/C12H15NO2/c1-2-15-12(14)10-7-8-5-3-4-6-9(8)11(10)13/h3-6,10-11H,2,7,13H2,1H3. The summed E-state index contributed by atoms with van der Waals surface area (Å²) >= 11 is 0. The van der Waals surface area contributed by atoms with Crippen LogP contribution in [0.2, 0.25) is 0 Å². The van der Waals surface area contributed by atoms with Gasteiger partial charge < -0.3 is 10.5 Å². The number of nitrogens with two attached hydrogens (primary N) is 1. The molecule has 1 aliphatic carbocycles. The minimum absolute atomic E-state index is 0.179. The van der Waals surface area contributed by atoms with E-state index in [-0.39, 0.29) is 17.9 Å². The van der Waals surface area contributed by atoms with E-state index in [1.807, 2.05) is 31.2 Å². The molecule has 1 aliphatic rings. The van der Waals surface area contributed by atoms with Crippen molar-refractivity contribution in [2.45, 2.75) is 19.4 Å². The molecular weight excluding hydrogens is 190 g/mol. The maximum absolute atomic E-state index is 11.6. The van der Waals surface area contributed by atoms with Crippen molar-refractivity contribution in [2.75, 3.05) is 6.61 Å². The lowest BCUT2D eigenvalue weighted by molar-refractivity contribution is -0.148. The Bertz CT molecular complexity index is 376. The first-order chi connectivity index (χ1) is 7.24. The molecule has 0 aromatic heterocycles. The fourth-order valence-corrected chi connectivity index (χ4v) is 2.11. The first-order valence-electron chi connectivity index (χ1n) is 5.24. The van der Waals surface area contributed by atoms with Crippen LogP contribution in [0.3, 0.4) is 0 Å². The summed E-state index contributed by atoms with van der Waals surface area (Å²) in [5.74, 6) is -0.386. The van der Waals surface area contributed by atoms with Crippen LogP contribution >= 0.6 is 0 Å². The number of esters is 1. The van der Waals surface area contributed by atoms with Crippen molar-refractivity contribution < 1.29 is 9.53 Å². The van der Waals surface area contributed by atoms with Gasteiger partial charge in [0.1, 0.15) is 0 Å². The summed E-state index contributed by atoms with van der Waals surface area (Å²) in [6.07, 6.45) is 0.705. The van der Waals surface area contributed by atoms with E-state index in [9.17, 15) is 4.79 Å². The van der Waals surface area contributed by atoms with E-state index in [1.165, 1.54) is 5.56 Å². The summed E-state index contributed by atoms with van der Waals surface area (Å²) in [5, 5.41) is 0. The monoisotopic (exact) mass is 205 g/mol. The number of hydrogen-bond donors (Lipinski definition) is 1. The fourth-order valence-electron chi connectivity index (χ4n) is 2.11. The van der Waals surface area contributed by atoms with Crippen LogP contribution < -0.4 is 5.73 Å². The molecule has 2 N–H and O–H groups in total. The zero-order valence-corrected chi connectivity index (χ0v) is 8.77. The van der Waals surface area contributed by atoms with E-state index < -0.39 is 0 Å². The quantitative estimate of drug-likeness (QED) is 0.743. The second-order valence-corrected chi connectivity index (χ2v) is 3.79. The molecule has 0 amide bonds. The zero-order chi connectivity index (χ0) is 10.8. The highest BCUT2D eigenvalue weighted by Crippen LogP contribution is 2.34. The summed E-state index contributed by atoms with van der Waals surface area (Å²) in [6, 6.07) is 7.72. The van der Waals surface area contributed by atoms with Crippen LogP contribution in [0.15, 0.2) is 24.3 Å². The molecule has 0 heterocycles. The minimum atomic E-state index is -0.208. The van der Waals surface area contributed by atoms with E-state index in [4.69, 9.17) is 10.5 Å². The van der Waals surface area contributed by atoms with Crippen molar-refractivity contribution in [2.24, 2.45) is 11.7 Å². The molecule has 0 saturated heterocycles. The lowest BCUT2D eigenvalue weighted by atomic mass is 10.0. The zero-order valence-electron chi connectivity index (χ0n) is 8.77. The molecule has 2 atom stereocenters. The lowest BCUT2D eigenvalue weighted by Crippen LogP contribution is -2.26. The van der Waals surface area contributed by atoms with Gasteiger partial charge in [-0.2, -0.15) is 0 Å². The van der Waals surface area contributed by atoms with Gasteiger partial charge in [-0.3, -0.25) is 4.79 Å². The van der Waals surface area contributed by atoms with Gasteiger partial charge in [0, 0.05) is 6.04 Å². The Morgan fingerprint density at radius 1 is 1.53 bits per heavy atom. The summed E-state index contributed by atoms with van der Waals surface area (Å²) in [7, 11) is 0. The largest absolute Gasteiger partial charge is 0.466 e. The van der Waals surface area contributed by atoms with Crippen molar-refractivity contribution in [3.05, 3.63) is 35.4 Å². The van der Waals surface area contributed by atoms with E-state index in [2.05, 4.69) is 0 Å². The summed E-state index contributed by atoms with van der Waals surface area (Å²) < 4.78 is 5.01. The van der Waals surface area contributed by atoms with Crippen molar-refractivity contribution in [3.8, 4) is 0 Å². The number of rotatable bonds is 2. The predicted octanol–water partition coefficient (Wildman–Crippen LogP) is 1.42. The Balaban J connectivity index is 2.19. The Morgan fingerprint density at radius 3 is 2.93 bits per heavy atom. The van der Waals surface area contributed by atoms with Gasteiger partial charge in [-0.25, -0.2) is 0 Å². The Morgan fingerprint density at radius 2 is 2.27 bits per heavy atom. The van der Waals surface area contributed by atoms with Crippen LogP contribution in [0.5, 0.6) is 0 Å². The van der Waals surface area contributed by atoms with Gasteiger partial charge in [0.15, 0.2) is 0 Å². The van der Waals surface area contributed by atoms with Crippen LogP contribution in [0.25, 0.3) is 0 Å². The third-order valence-electron chi connectivity index (χ3n) is 2.88. The molecule has 0 saturated carbocycles. The van der Waals surface area contributed by atoms with Gasteiger partial charge in [0.25, 0.3) is 0 Å². The highest BCUT2D eigenvalue weighted by atomic mass is 16.5. The fraction of sp³-hybridized carbons (Fsp3) is 0.417. The van der Waals surface area contributed by atoms with Crippen molar-refractivity contribution in [1.82, 2.24) is 0 Å². The van der Waals surface area contributed by atoms with Crippen molar-refractivity contribution in [1.29, 1.82) is 0 Å². The summed E-state index contributed by atoms with van der Waals surface area (Å²) in [5.41, 5.74) is 8.27. The summed E-state index contributed by atoms with van der Waals surface area (Å²) in [6.45, 7) is 2.23. The van der Waals surface area contributed by atoms with Gasteiger partial charge in [-0.05, 0) is 24.5 Å². The van der Waals surface area contributed by atoms with E-state index >= 15 is 0 Å². The molecule has 0 fully saturated rings. The molecule has 1 aromatic rings.